The van der Waals surface area contributed by atoms with Crippen molar-refractivity contribution in [3.8, 4) is 28.7 Å². The van der Waals surface area contributed by atoms with Gasteiger partial charge in [-0.15, -0.1) is 0 Å². The number of carbonyl (C=O) groups excluding carboxylic acids is 6. The molecule has 9 aliphatic rings. The zero-order chi connectivity index (χ0) is 90.7. The van der Waals surface area contributed by atoms with Crippen molar-refractivity contribution in [2.75, 3.05) is 100 Å². The number of hydrogen-bond acceptors (Lipinski definition) is 15. The van der Waals surface area contributed by atoms with Crippen molar-refractivity contribution in [2.24, 2.45) is 11.3 Å². The Kier molecular flexibility index (Phi) is 27.1. The van der Waals surface area contributed by atoms with Crippen molar-refractivity contribution < 1.29 is 68.8 Å². The molecule has 17 rings (SSSR count). The average molecular weight is 1800 g/mol. The third kappa shape index (κ3) is 19.1. The fraction of sp³-hybridized carbons (Fsp3) is 0.526. The first-order valence-corrected chi connectivity index (χ1v) is 45.4. The number of piperidine rings is 4. The summed E-state index contributed by atoms with van der Waals surface area (Å²) >= 11 is 18.7. The van der Waals surface area contributed by atoms with Gasteiger partial charge in [0.1, 0.15) is 28.1 Å². The van der Waals surface area contributed by atoms with Crippen molar-refractivity contribution in [3.63, 3.8) is 0 Å². The molecule has 682 valence electrons. The molecular formula is C97H126Cl3F3N12O11. The van der Waals surface area contributed by atoms with E-state index in [-0.39, 0.29) is 101 Å². The van der Waals surface area contributed by atoms with Crippen molar-refractivity contribution in [2.45, 2.75) is 219 Å². The third-order valence-electron chi connectivity index (χ3n) is 27.1. The lowest BCUT2D eigenvalue weighted by atomic mass is 9.79. The number of hydrogen-bond donors (Lipinski definition) is 2. The molecule has 8 aromatic rings. The number of likely N-dealkylation sites (tertiary alicyclic amines) is 4. The van der Waals surface area contributed by atoms with Crippen LogP contribution in [0, 0.1) is 11.3 Å². The quantitative estimate of drug-likeness (QED) is 0.0969. The number of nitrogens with one attached hydrogen (secondary N) is 1. The van der Waals surface area contributed by atoms with Gasteiger partial charge in [0.25, 0.3) is 23.6 Å². The summed E-state index contributed by atoms with van der Waals surface area (Å²) in [6.07, 6.45) is 5.78. The minimum absolute atomic E-state index is 0. The van der Waals surface area contributed by atoms with Crippen LogP contribution >= 0.6 is 34.8 Å². The largest absolute Gasteiger partial charge is 0.506 e. The van der Waals surface area contributed by atoms with Gasteiger partial charge < -0.3 is 61.9 Å². The number of fused-ring (bicyclic) bond motifs is 8. The highest BCUT2D eigenvalue weighted by atomic mass is 35.5. The number of phenolic OH excluding ortho intramolecular Hbond substituents is 1. The van der Waals surface area contributed by atoms with E-state index in [0.29, 0.717) is 110 Å². The van der Waals surface area contributed by atoms with Gasteiger partial charge in [-0.05, 0) is 267 Å². The zero-order valence-electron chi connectivity index (χ0n) is 75.3. The van der Waals surface area contributed by atoms with Crippen LogP contribution in [0.4, 0.5) is 13.2 Å². The van der Waals surface area contributed by atoms with Gasteiger partial charge >= 0.3 is 6.18 Å². The molecule has 4 saturated heterocycles. The van der Waals surface area contributed by atoms with Crippen LogP contribution in [0.2, 0.25) is 15.2 Å². The Balaban J connectivity index is 0.000000154. The van der Waals surface area contributed by atoms with Crippen LogP contribution in [0.25, 0.3) is 0 Å². The maximum absolute atomic E-state index is 13.6. The van der Waals surface area contributed by atoms with Crippen LogP contribution in [-0.2, 0) is 54.5 Å². The number of rotatable bonds is 14. The average Bonchev–Trinajstić information content (AvgIpc) is 1.52. The molecule has 12 heterocycles. The molecule has 8 aliphatic heterocycles. The standard InChI is InChI=1S/C25H32ClN3O3.C25H32F3N3O3.C24H32ClN3O2.C23H26ClN3O3.2H2/c1-16(2)32-21-7-6-18(12-20(21)26)23(31)28-10-8-25(9-11-28)22-13-19(17(3)30)14-29(22)15-24(4,5)27-25;1-16(2)34-19-7-6-18(14-20(19)33-5)23(32)30-12-10-24(11-13-30)21-8-9-22(25(26,27)28)31(21)15-17(3)29(24)4;1-23(2,3)17-30-19-7-5-18(6-8-19)22(29)27-13-11-24(12-14-27)20-9-10-21(25)28(20)16-15-26(24)4;1-25-12-13-27-18(21(29)15-2-3-15)5-7-20(27)23(25)8-10-26(11-9-23)22(30)16-4-6-19(28)17(24)14-16;;/h6-7,12-14,16,27H,8-11,15H2,1-5H3;6-9,14,16-17H,10-13,15H2,1-5H3;5-10H,11-17H2,1-4H3;4-7,14-15,28H,2-3,8-13H2,1H3;2*1H/t;17-;;;;/m.0..../s1. The summed E-state index contributed by atoms with van der Waals surface area (Å²) in [5.74, 6) is 2.92. The van der Waals surface area contributed by atoms with Gasteiger partial charge in [-0.3, -0.25) is 48.8 Å². The number of phenols is 1. The molecular weight excluding hydrogens is 1670 g/mol. The molecule has 5 fully saturated rings. The Morgan fingerprint density at radius 3 is 1.52 bits per heavy atom. The number of nitrogens with zero attached hydrogens (tertiary/aromatic N) is 11. The van der Waals surface area contributed by atoms with Gasteiger partial charge in [0.15, 0.2) is 23.1 Å². The highest BCUT2D eigenvalue weighted by molar-refractivity contribution is 6.33. The molecule has 29 heteroatoms. The number of benzene rings is 4. The Morgan fingerprint density at radius 1 is 0.532 bits per heavy atom. The minimum atomic E-state index is -4.39. The van der Waals surface area contributed by atoms with Gasteiger partial charge in [-0.2, -0.15) is 13.2 Å². The molecule has 4 spiro atoms. The molecule has 126 heavy (non-hydrogen) atoms. The van der Waals surface area contributed by atoms with Crippen LogP contribution < -0.4 is 24.3 Å². The van der Waals surface area contributed by atoms with Crippen molar-refractivity contribution in [1.82, 2.24) is 57.9 Å². The van der Waals surface area contributed by atoms with E-state index in [1.807, 2.05) is 105 Å². The number of alkyl halides is 3. The van der Waals surface area contributed by atoms with Crippen molar-refractivity contribution in [1.29, 1.82) is 0 Å². The Morgan fingerprint density at radius 2 is 1.00 bits per heavy atom. The number of aromatic hydroxyl groups is 1. The summed E-state index contributed by atoms with van der Waals surface area (Å²) in [5, 5.41) is 14.9. The van der Waals surface area contributed by atoms with E-state index in [2.05, 4.69) is 94.6 Å². The molecule has 0 bridgehead atoms. The van der Waals surface area contributed by atoms with Gasteiger partial charge in [0, 0.05) is 169 Å². The second-order valence-electron chi connectivity index (χ2n) is 38.1. The summed E-state index contributed by atoms with van der Waals surface area (Å²) in [7, 11) is 7.85. The highest BCUT2D eigenvalue weighted by Gasteiger charge is 2.52. The van der Waals surface area contributed by atoms with Crippen LogP contribution in [0.3, 0.4) is 0 Å². The molecule has 0 unspecified atom stereocenters. The zero-order valence-corrected chi connectivity index (χ0v) is 77.6. The fourth-order valence-electron chi connectivity index (χ4n) is 20.1. The Bertz CT molecular complexity index is 5350. The first kappa shape index (κ1) is 92.9. The van der Waals surface area contributed by atoms with Crippen LogP contribution in [0.5, 0.6) is 28.7 Å². The van der Waals surface area contributed by atoms with E-state index in [0.717, 1.165) is 131 Å². The second kappa shape index (κ2) is 36.7. The Labute approximate surface area is 756 Å². The number of amides is 4. The molecule has 23 nitrogen and oxygen atoms in total. The minimum Gasteiger partial charge on any atom is -0.506 e. The highest BCUT2D eigenvalue weighted by Crippen LogP contribution is 2.49. The number of methoxy groups -OCH3 is 1. The van der Waals surface area contributed by atoms with Crippen LogP contribution in [0.15, 0.2) is 128 Å². The summed E-state index contributed by atoms with van der Waals surface area (Å²) in [6.45, 7) is 32.4. The smallest absolute Gasteiger partial charge is 0.431 e. The van der Waals surface area contributed by atoms with Crippen molar-refractivity contribution in [3.05, 3.63) is 205 Å². The van der Waals surface area contributed by atoms with Gasteiger partial charge in [0.05, 0.1) is 63.8 Å². The maximum atomic E-state index is 13.6. The number of ketones is 2. The van der Waals surface area contributed by atoms with Gasteiger partial charge in [0.2, 0.25) is 0 Å². The number of aromatic nitrogens is 4. The van der Waals surface area contributed by atoms with E-state index >= 15 is 0 Å². The van der Waals surface area contributed by atoms with E-state index in [1.54, 1.807) is 60.4 Å². The normalized spacial score (nSPS) is 19.9. The monoisotopic (exact) mass is 1800 g/mol. The van der Waals surface area contributed by atoms with Crippen LogP contribution in [-0.4, -0.2) is 217 Å². The number of ether oxygens (including phenoxy) is 4. The summed E-state index contributed by atoms with van der Waals surface area (Å²) in [6, 6.07) is 35.6. The number of Topliss-reactive ketones (excluding diaryl/α,β-unsaturated/α-hetero) is 2. The Hall–Kier alpha value is -9.28. The molecule has 0 radical (unpaired) electrons. The lowest BCUT2D eigenvalue weighted by Crippen LogP contribution is -2.63. The molecule has 4 aromatic carbocycles. The molecule has 4 amide bonds. The first-order chi connectivity index (χ1) is 59.6. The second-order valence-corrected chi connectivity index (χ2v) is 39.3. The number of carbonyl (C=O) groups is 6. The lowest BCUT2D eigenvalue weighted by Gasteiger charge is -2.53. The molecule has 2 N–H and O–H groups in total. The first-order valence-electron chi connectivity index (χ1n) is 44.3. The topological polar surface area (TPSA) is 214 Å². The van der Waals surface area contributed by atoms with E-state index in [1.165, 1.54) is 41.3 Å². The summed E-state index contributed by atoms with van der Waals surface area (Å²) in [4.78, 5) is 91.7. The molecule has 1 saturated carbocycles. The number of likely N-dealkylation sites (N-methyl/N-ethyl adjacent to an activating group) is 3. The van der Waals surface area contributed by atoms with E-state index in [9.17, 15) is 47.0 Å². The van der Waals surface area contributed by atoms with Gasteiger partial charge in [-0.1, -0.05) is 55.6 Å². The van der Waals surface area contributed by atoms with E-state index < -0.39 is 17.4 Å². The van der Waals surface area contributed by atoms with E-state index in [4.69, 9.17) is 53.8 Å². The maximum Gasteiger partial charge on any atom is 0.431 e. The molecule has 1 aliphatic carbocycles. The third-order valence-corrected chi connectivity index (χ3v) is 28.1. The fourth-order valence-corrected chi connectivity index (χ4v) is 20.7. The van der Waals surface area contributed by atoms with Gasteiger partial charge in [-0.25, -0.2) is 0 Å². The SMILES string of the molecule is CC(=O)c1cc2n(c1)CC(C)(C)NC21CCN(C(=O)c2ccc(OC(C)C)c(Cl)c2)CC1.CN1CCn2c(C(=O)C3CC3)ccc2C12CCN(C(=O)c1ccc(O)c(Cl)c1)CC2.CN1CCn2c(Cl)ccc2C12CCN(C(=O)c1ccc(OCC(C)(C)C)cc1)CC2.COc1cc(C(=O)N2CCC3(CC2)c2ccc(C(F)(F)F)n2C[C@H](C)N3C)ccc1OC(C)C.[HH].[HH]. The summed E-state index contributed by atoms with van der Waals surface area (Å²) in [5.41, 5.74) is 6.64. The lowest BCUT2D eigenvalue weighted by molar-refractivity contribution is -0.145. The van der Waals surface area contributed by atoms with Crippen LogP contribution in [0.1, 0.15) is 234 Å². The summed E-state index contributed by atoms with van der Waals surface area (Å²) < 4.78 is 71.6. The molecule has 4 aromatic heterocycles. The molecule has 1 atom stereocenters. The number of halogens is 6. The van der Waals surface area contributed by atoms with Crippen molar-refractivity contribution >= 4 is 70.0 Å². The predicted molar refractivity (Wildman–Crippen MR) is 486 cm³/mol. The predicted octanol–water partition coefficient (Wildman–Crippen LogP) is 18.1.